The van der Waals surface area contributed by atoms with Crippen LogP contribution in [0.5, 0.6) is 5.88 Å². The largest absolute Gasteiger partial charge is 0.481 e. The molecular formula is C15H14N4O. The van der Waals surface area contributed by atoms with Crippen molar-refractivity contribution in [2.45, 2.75) is 6.54 Å². The van der Waals surface area contributed by atoms with Gasteiger partial charge in [0, 0.05) is 18.3 Å². The zero-order chi connectivity index (χ0) is 13.8. The summed E-state index contributed by atoms with van der Waals surface area (Å²) < 4.78 is 5.22. The van der Waals surface area contributed by atoms with Crippen LogP contribution in [0.25, 0.3) is 11.0 Å². The van der Waals surface area contributed by atoms with E-state index < -0.39 is 0 Å². The summed E-state index contributed by atoms with van der Waals surface area (Å²) >= 11 is 0. The second-order valence-corrected chi connectivity index (χ2v) is 4.27. The number of para-hydroxylation sites is 2. The minimum absolute atomic E-state index is 0.587. The molecule has 5 nitrogen and oxygen atoms in total. The predicted octanol–water partition coefficient (Wildman–Crippen LogP) is 2.65. The van der Waals surface area contributed by atoms with Gasteiger partial charge in [-0.15, -0.1) is 0 Å². The number of benzene rings is 1. The highest BCUT2D eigenvalue weighted by molar-refractivity contribution is 5.75. The fourth-order valence-electron chi connectivity index (χ4n) is 1.97. The maximum absolute atomic E-state index is 5.22. The number of anilines is 1. The fourth-order valence-corrected chi connectivity index (χ4v) is 1.97. The highest BCUT2D eigenvalue weighted by atomic mass is 16.5. The van der Waals surface area contributed by atoms with Gasteiger partial charge in [-0.05, 0) is 18.2 Å². The van der Waals surface area contributed by atoms with E-state index in [1.165, 1.54) is 0 Å². The Kier molecular flexibility index (Phi) is 3.41. The van der Waals surface area contributed by atoms with Gasteiger partial charge in [-0.2, -0.15) is 0 Å². The number of nitrogens with zero attached hydrogens (tertiary/aromatic N) is 3. The van der Waals surface area contributed by atoms with Crippen LogP contribution in [0.1, 0.15) is 5.56 Å². The maximum Gasteiger partial charge on any atom is 0.218 e. The van der Waals surface area contributed by atoms with E-state index in [4.69, 9.17) is 4.74 Å². The molecule has 0 aliphatic heterocycles. The molecule has 0 saturated carbocycles. The Bertz CT molecular complexity index is 730. The van der Waals surface area contributed by atoms with Crippen molar-refractivity contribution in [2.75, 3.05) is 12.4 Å². The molecule has 0 unspecified atom stereocenters. The Balaban J connectivity index is 1.79. The molecule has 1 N–H and O–H groups in total. The fraction of sp³-hybridized carbons (Fsp3) is 0.133. The lowest BCUT2D eigenvalue weighted by Crippen LogP contribution is -2.04. The lowest BCUT2D eigenvalue weighted by molar-refractivity contribution is 0.393. The van der Waals surface area contributed by atoms with Crippen LogP contribution in [0.4, 0.5) is 5.82 Å². The van der Waals surface area contributed by atoms with E-state index in [0.717, 1.165) is 22.4 Å². The topological polar surface area (TPSA) is 59.9 Å². The lowest BCUT2D eigenvalue weighted by atomic mass is 10.2. The van der Waals surface area contributed by atoms with Crippen LogP contribution in [-0.4, -0.2) is 22.1 Å². The molecule has 100 valence electrons. The standard InChI is InChI=1S/C15H14N4O/c1-20-15-11(5-4-8-16-15)9-18-14-10-17-12-6-2-3-7-13(12)19-14/h2-8,10H,9H2,1H3,(H,18,19). The molecule has 3 rings (SSSR count). The molecule has 20 heavy (non-hydrogen) atoms. The molecule has 0 atom stereocenters. The minimum atomic E-state index is 0.587. The summed E-state index contributed by atoms with van der Waals surface area (Å²) in [6, 6.07) is 11.6. The Hall–Kier alpha value is -2.69. The molecule has 1 aromatic carbocycles. The Morgan fingerprint density at radius 3 is 2.75 bits per heavy atom. The quantitative estimate of drug-likeness (QED) is 0.786. The highest BCUT2D eigenvalue weighted by Gasteiger charge is 2.04. The third-order valence-corrected chi connectivity index (χ3v) is 2.95. The van der Waals surface area contributed by atoms with Crippen LogP contribution in [0.2, 0.25) is 0 Å². The molecule has 2 aromatic heterocycles. The maximum atomic E-state index is 5.22. The molecule has 0 radical (unpaired) electrons. The summed E-state index contributed by atoms with van der Waals surface area (Å²) in [4.78, 5) is 13.0. The van der Waals surface area contributed by atoms with Gasteiger partial charge in [0.05, 0.1) is 24.3 Å². The number of ether oxygens (including phenoxy) is 1. The van der Waals surface area contributed by atoms with E-state index in [-0.39, 0.29) is 0 Å². The van der Waals surface area contributed by atoms with Crippen LogP contribution in [0, 0.1) is 0 Å². The van der Waals surface area contributed by atoms with E-state index in [2.05, 4.69) is 20.3 Å². The third kappa shape index (κ3) is 2.51. The molecule has 0 aliphatic carbocycles. The lowest BCUT2D eigenvalue weighted by Gasteiger charge is -2.09. The van der Waals surface area contributed by atoms with Gasteiger partial charge in [0.1, 0.15) is 5.82 Å². The van der Waals surface area contributed by atoms with Gasteiger partial charge in [-0.25, -0.2) is 9.97 Å². The molecule has 2 heterocycles. The van der Waals surface area contributed by atoms with Crippen LogP contribution < -0.4 is 10.1 Å². The van der Waals surface area contributed by atoms with Crippen LogP contribution >= 0.6 is 0 Å². The number of hydrogen-bond acceptors (Lipinski definition) is 5. The average Bonchev–Trinajstić information content (AvgIpc) is 2.53. The van der Waals surface area contributed by atoms with Gasteiger partial charge in [0.25, 0.3) is 0 Å². The van der Waals surface area contributed by atoms with E-state index in [1.54, 1.807) is 19.5 Å². The Morgan fingerprint density at radius 1 is 1.05 bits per heavy atom. The summed E-state index contributed by atoms with van der Waals surface area (Å²) in [6.07, 6.45) is 3.43. The summed E-state index contributed by atoms with van der Waals surface area (Å²) in [6.45, 7) is 0.587. The first-order valence-corrected chi connectivity index (χ1v) is 6.30. The highest BCUT2D eigenvalue weighted by Crippen LogP contribution is 2.16. The molecule has 0 saturated heterocycles. The zero-order valence-electron chi connectivity index (χ0n) is 11.1. The number of methoxy groups -OCH3 is 1. The number of fused-ring (bicyclic) bond motifs is 1. The van der Waals surface area contributed by atoms with Crippen LogP contribution in [0.3, 0.4) is 0 Å². The number of hydrogen-bond donors (Lipinski definition) is 1. The predicted molar refractivity (Wildman–Crippen MR) is 77.7 cm³/mol. The molecule has 0 spiro atoms. The van der Waals surface area contributed by atoms with Gasteiger partial charge < -0.3 is 10.1 Å². The van der Waals surface area contributed by atoms with Gasteiger partial charge in [-0.1, -0.05) is 18.2 Å². The summed E-state index contributed by atoms with van der Waals surface area (Å²) in [5.41, 5.74) is 2.73. The van der Waals surface area contributed by atoms with E-state index in [9.17, 15) is 0 Å². The zero-order valence-corrected chi connectivity index (χ0v) is 11.1. The van der Waals surface area contributed by atoms with Gasteiger partial charge in [0.15, 0.2) is 0 Å². The number of pyridine rings is 1. The summed E-state index contributed by atoms with van der Waals surface area (Å²) in [5, 5.41) is 3.23. The van der Waals surface area contributed by atoms with E-state index in [1.807, 2.05) is 36.4 Å². The van der Waals surface area contributed by atoms with Crippen molar-refractivity contribution in [3.8, 4) is 5.88 Å². The van der Waals surface area contributed by atoms with E-state index in [0.29, 0.717) is 12.4 Å². The molecular weight excluding hydrogens is 252 g/mol. The minimum Gasteiger partial charge on any atom is -0.481 e. The molecule has 3 aromatic rings. The van der Waals surface area contributed by atoms with Crippen molar-refractivity contribution in [2.24, 2.45) is 0 Å². The van der Waals surface area contributed by atoms with Crippen molar-refractivity contribution in [3.63, 3.8) is 0 Å². The molecule has 0 amide bonds. The third-order valence-electron chi connectivity index (χ3n) is 2.95. The van der Waals surface area contributed by atoms with Crippen molar-refractivity contribution in [1.29, 1.82) is 0 Å². The van der Waals surface area contributed by atoms with Gasteiger partial charge in [0.2, 0.25) is 5.88 Å². The van der Waals surface area contributed by atoms with E-state index >= 15 is 0 Å². The first kappa shape index (κ1) is 12.3. The number of nitrogens with one attached hydrogen (secondary N) is 1. The second kappa shape index (κ2) is 5.52. The van der Waals surface area contributed by atoms with Crippen molar-refractivity contribution in [3.05, 3.63) is 54.4 Å². The van der Waals surface area contributed by atoms with Crippen molar-refractivity contribution >= 4 is 16.9 Å². The van der Waals surface area contributed by atoms with Gasteiger partial charge >= 0.3 is 0 Å². The summed E-state index contributed by atoms with van der Waals surface area (Å²) in [7, 11) is 1.61. The van der Waals surface area contributed by atoms with Crippen LogP contribution in [-0.2, 0) is 6.54 Å². The molecule has 0 fully saturated rings. The molecule has 0 aliphatic rings. The molecule has 0 bridgehead atoms. The van der Waals surface area contributed by atoms with Crippen LogP contribution in [0.15, 0.2) is 48.8 Å². The normalized spacial score (nSPS) is 10.4. The first-order chi connectivity index (χ1) is 9.86. The smallest absolute Gasteiger partial charge is 0.218 e. The first-order valence-electron chi connectivity index (χ1n) is 6.30. The Labute approximate surface area is 116 Å². The molecule has 5 heteroatoms. The number of rotatable bonds is 4. The SMILES string of the molecule is COc1ncccc1CNc1cnc2ccccc2n1. The number of aromatic nitrogens is 3. The Morgan fingerprint density at radius 2 is 1.90 bits per heavy atom. The van der Waals surface area contributed by atoms with Gasteiger partial charge in [-0.3, -0.25) is 4.98 Å². The van der Waals surface area contributed by atoms with Crippen molar-refractivity contribution < 1.29 is 4.74 Å². The summed E-state index contributed by atoms with van der Waals surface area (Å²) in [5.74, 6) is 1.35. The average molecular weight is 266 g/mol. The van der Waals surface area contributed by atoms with Crippen molar-refractivity contribution in [1.82, 2.24) is 15.0 Å². The second-order valence-electron chi connectivity index (χ2n) is 4.27. The monoisotopic (exact) mass is 266 g/mol.